The first kappa shape index (κ1) is 23.3. The van der Waals surface area contributed by atoms with Crippen LogP contribution in [0.15, 0.2) is 54.2 Å². The molecule has 1 saturated carbocycles. The van der Waals surface area contributed by atoms with Crippen LogP contribution in [0.5, 0.6) is 0 Å². The normalized spacial score (nSPS) is 23.3. The van der Waals surface area contributed by atoms with Gasteiger partial charge in [-0.3, -0.25) is 14.6 Å². The summed E-state index contributed by atoms with van der Waals surface area (Å²) in [7, 11) is 0. The average molecular weight is 484 g/mol. The number of aryl methyl sites for hydroxylation is 2. The molecule has 1 atom stereocenters. The Morgan fingerprint density at radius 3 is 2.53 bits per heavy atom. The molecule has 1 amide bonds. The van der Waals surface area contributed by atoms with Crippen LogP contribution in [-0.4, -0.2) is 62.4 Å². The quantitative estimate of drug-likeness (QED) is 0.624. The number of amides is 1. The van der Waals surface area contributed by atoms with E-state index in [0.717, 1.165) is 73.2 Å². The van der Waals surface area contributed by atoms with E-state index in [-0.39, 0.29) is 11.8 Å². The summed E-state index contributed by atoms with van der Waals surface area (Å²) in [6.07, 6.45) is 17.0. The Balaban J connectivity index is 1.29. The number of fused-ring (bicyclic) bond motifs is 2. The minimum Gasteiger partial charge on any atom is -0.368 e. The van der Waals surface area contributed by atoms with Gasteiger partial charge in [0.2, 0.25) is 0 Å². The predicted molar refractivity (Wildman–Crippen MR) is 144 cm³/mol. The zero-order chi connectivity index (χ0) is 25.0. The third-order valence-electron chi connectivity index (χ3n) is 8.45. The molecule has 6 nitrogen and oxygen atoms in total. The van der Waals surface area contributed by atoms with Gasteiger partial charge in [-0.15, -0.1) is 0 Å². The maximum Gasteiger partial charge on any atom is 0.255 e. The summed E-state index contributed by atoms with van der Waals surface area (Å²) in [6.45, 7) is 13.0. The number of carbonyl (C=O) groups is 1. The van der Waals surface area contributed by atoms with Gasteiger partial charge >= 0.3 is 0 Å². The molecule has 0 radical (unpaired) electrons. The van der Waals surface area contributed by atoms with Crippen molar-refractivity contribution >= 4 is 17.0 Å². The molecule has 6 rings (SSSR count). The second-order valence-corrected chi connectivity index (χ2v) is 10.8. The number of rotatable bonds is 4. The first-order valence-corrected chi connectivity index (χ1v) is 13.6. The van der Waals surface area contributed by atoms with E-state index in [4.69, 9.17) is 5.10 Å². The van der Waals surface area contributed by atoms with Crippen molar-refractivity contribution < 1.29 is 4.79 Å². The summed E-state index contributed by atoms with van der Waals surface area (Å²) in [5.41, 5.74) is 9.05. The summed E-state index contributed by atoms with van der Waals surface area (Å²) in [5, 5.41) is 4.92. The number of pyridine rings is 1. The Kier molecular flexibility index (Phi) is 5.87. The molecule has 1 saturated heterocycles. The summed E-state index contributed by atoms with van der Waals surface area (Å²) >= 11 is 0. The molecule has 0 bridgehead atoms. The highest BCUT2D eigenvalue weighted by Crippen LogP contribution is 2.33. The van der Waals surface area contributed by atoms with Gasteiger partial charge in [-0.05, 0) is 85.9 Å². The van der Waals surface area contributed by atoms with Crippen molar-refractivity contribution in [1.29, 1.82) is 0 Å². The highest BCUT2D eigenvalue weighted by Gasteiger charge is 2.32. The highest BCUT2D eigenvalue weighted by molar-refractivity contribution is 5.98. The summed E-state index contributed by atoms with van der Waals surface area (Å²) in [6, 6.07) is 2.98. The molecule has 188 valence electrons. The van der Waals surface area contributed by atoms with Gasteiger partial charge in [0, 0.05) is 56.4 Å². The number of allylic oxidation sites excluding steroid dienone is 4. The van der Waals surface area contributed by atoms with Gasteiger partial charge in [-0.2, -0.15) is 5.10 Å². The molecule has 6 heteroatoms. The number of carbonyl (C=O) groups excluding carboxylic acids is 1. The van der Waals surface area contributed by atoms with E-state index in [9.17, 15) is 4.79 Å². The average Bonchev–Trinajstić information content (AvgIpc) is 3.65. The molecule has 2 aromatic heterocycles. The SMILES string of the molecule is CCc1c(C)cn2nc(C3=CC(=O)N4C=C(N5CCN(C6CC6)CC5)C=CC4=CCC3C)cc2c1C. The van der Waals surface area contributed by atoms with Crippen LogP contribution in [0, 0.1) is 19.8 Å². The fraction of sp³-hybridized carbons (Fsp3) is 0.467. The minimum absolute atomic E-state index is 0.000437. The van der Waals surface area contributed by atoms with Gasteiger partial charge in [0.05, 0.1) is 16.9 Å². The molecular formula is C30H37N5O. The van der Waals surface area contributed by atoms with Crippen molar-refractivity contribution in [2.45, 2.75) is 59.4 Å². The summed E-state index contributed by atoms with van der Waals surface area (Å²) in [5.74, 6) is 0.204. The fourth-order valence-electron chi connectivity index (χ4n) is 6.10. The maximum absolute atomic E-state index is 13.6. The Labute approximate surface area is 214 Å². The third kappa shape index (κ3) is 4.11. The fourth-order valence-corrected chi connectivity index (χ4v) is 6.10. The van der Waals surface area contributed by atoms with E-state index < -0.39 is 0 Å². The van der Waals surface area contributed by atoms with Crippen LogP contribution < -0.4 is 0 Å². The number of hydrogen-bond acceptors (Lipinski definition) is 4. The van der Waals surface area contributed by atoms with Crippen molar-refractivity contribution in [1.82, 2.24) is 24.3 Å². The monoisotopic (exact) mass is 483 g/mol. The first-order chi connectivity index (χ1) is 17.4. The van der Waals surface area contributed by atoms with E-state index in [1.165, 1.54) is 29.5 Å². The summed E-state index contributed by atoms with van der Waals surface area (Å²) < 4.78 is 1.99. The van der Waals surface area contributed by atoms with E-state index in [0.29, 0.717) is 0 Å². The third-order valence-corrected chi connectivity index (χ3v) is 8.45. The van der Waals surface area contributed by atoms with Gasteiger partial charge in [0.25, 0.3) is 5.91 Å². The van der Waals surface area contributed by atoms with E-state index >= 15 is 0 Å². The molecular weight excluding hydrogens is 446 g/mol. The molecule has 0 N–H and O–H groups in total. The second kappa shape index (κ2) is 9.07. The van der Waals surface area contributed by atoms with Gasteiger partial charge < -0.3 is 4.90 Å². The van der Waals surface area contributed by atoms with Gasteiger partial charge in [-0.25, -0.2) is 4.52 Å². The Morgan fingerprint density at radius 2 is 1.81 bits per heavy atom. The summed E-state index contributed by atoms with van der Waals surface area (Å²) in [4.78, 5) is 20.5. The molecule has 5 heterocycles. The topological polar surface area (TPSA) is 44.1 Å². The molecule has 2 aromatic rings. The lowest BCUT2D eigenvalue weighted by Gasteiger charge is -2.38. The largest absolute Gasteiger partial charge is 0.368 e. The van der Waals surface area contributed by atoms with Crippen molar-refractivity contribution in [3.63, 3.8) is 0 Å². The lowest BCUT2D eigenvalue weighted by molar-refractivity contribution is -0.122. The van der Waals surface area contributed by atoms with Crippen molar-refractivity contribution in [3.8, 4) is 0 Å². The van der Waals surface area contributed by atoms with Crippen LogP contribution in [0.25, 0.3) is 11.1 Å². The number of aromatic nitrogens is 2. The standard InChI is InChI=1S/C30H37N5O/c1-5-26-21(3)18-35-29(22(26)4)17-28(31-35)27-16-30(36)34-19-25(11-10-24(34)7-6-20(27)2)33-14-12-32(13-15-33)23-8-9-23/h7,10-11,16-20,23H,5-6,8-9,12-15H2,1-4H3. The van der Waals surface area contributed by atoms with Crippen LogP contribution in [0.1, 0.15) is 55.5 Å². The Bertz CT molecular complexity index is 1330. The number of piperazine rings is 1. The zero-order valence-electron chi connectivity index (χ0n) is 22.0. The van der Waals surface area contributed by atoms with Crippen LogP contribution in [0.3, 0.4) is 0 Å². The van der Waals surface area contributed by atoms with E-state index in [2.05, 4.69) is 68.0 Å². The second-order valence-electron chi connectivity index (χ2n) is 10.8. The molecule has 1 unspecified atom stereocenters. The Morgan fingerprint density at radius 1 is 1.06 bits per heavy atom. The van der Waals surface area contributed by atoms with Crippen LogP contribution >= 0.6 is 0 Å². The minimum atomic E-state index is 0.000437. The van der Waals surface area contributed by atoms with Gasteiger partial charge in [0.15, 0.2) is 0 Å². The van der Waals surface area contributed by atoms with E-state index in [1.54, 1.807) is 0 Å². The first-order valence-electron chi connectivity index (χ1n) is 13.6. The molecule has 2 fully saturated rings. The van der Waals surface area contributed by atoms with Gasteiger partial charge in [0.1, 0.15) is 0 Å². The predicted octanol–water partition coefficient (Wildman–Crippen LogP) is 4.84. The van der Waals surface area contributed by atoms with Crippen molar-refractivity contribution in [2.75, 3.05) is 26.2 Å². The molecule has 3 aliphatic heterocycles. The highest BCUT2D eigenvalue weighted by atomic mass is 16.2. The number of nitrogens with zero attached hydrogens (tertiary/aromatic N) is 5. The molecule has 36 heavy (non-hydrogen) atoms. The molecule has 1 aliphatic carbocycles. The smallest absolute Gasteiger partial charge is 0.255 e. The Hall–Kier alpha value is -3.12. The van der Waals surface area contributed by atoms with Crippen LogP contribution in [0.2, 0.25) is 0 Å². The van der Waals surface area contributed by atoms with Crippen LogP contribution in [0.4, 0.5) is 0 Å². The van der Waals surface area contributed by atoms with E-state index in [1.807, 2.05) is 21.7 Å². The lowest BCUT2D eigenvalue weighted by Crippen LogP contribution is -2.47. The van der Waals surface area contributed by atoms with Crippen molar-refractivity contribution in [2.24, 2.45) is 5.92 Å². The van der Waals surface area contributed by atoms with Crippen molar-refractivity contribution in [3.05, 3.63) is 76.5 Å². The molecule has 4 aliphatic rings. The lowest BCUT2D eigenvalue weighted by atomic mass is 9.92. The van der Waals surface area contributed by atoms with Gasteiger partial charge in [-0.1, -0.05) is 19.9 Å². The molecule has 0 spiro atoms. The zero-order valence-corrected chi connectivity index (χ0v) is 22.0. The van der Waals surface area contributed by atoms with Crippen LogP contribution in [-0.2, 0) is 11.2 Å². The molecule has 0 aromatic carbocycles. The number of hydrogen-bond donors (Lipinski definition) is 0. The maximum atomic E-state index is 13.6.